The molecule has 0 aliphatic carbocycles. The predicted octanol–water partition coefficient (Wildman–Crippen LogP) is 1.85. The Labute approximate surface area is 152 Å². The van der Waals surface area contributed by atoms with Crippen LogP contribution in [0.3, 0.4) is 0 Å². The van der Waals surface area contributed by atoms with Gasteiger partial charge in [0.15, 0.2) is 18.1 Å². The van der Waals surface area contributed by atoms with E-state index in [9.17, 15) is 9.59 Å². The highest BCUT2D eigenvalue weighted by molar-refractivity contribution is 6.32. The van der Waals surface area contributed by atoms with E-state index in [1.165, 1.54) is 13.2 Å². The van der Waals surface area contributed by atoms with Crippen LogP contribution in [-0.2, 0) is 9.53 Å². The minimum atomic E-state index is -0.632. The number of carbonyl (C=O) groups is 2. The molecule has 7 nitrogen and oxygen atoms in total. The molecule has 1 aliphatic rings. The number of amides is 2. The maximum atomic E-state index is 12.8. The molecule has 8 heteroatoms. The number of nitrogens with two attached hydrogens (primary N) is 1. The fourth-order valence-electron chi connectivity index (χ4n) is 2.70. The predicted molar refractivity (Wildman–Crippen MR) is 93.2 cm³/mol. The second kappa shape index (κ2) is 8.92. The Bertz CT molecular complexity index is 632. The third-order valence-corrected chi connectivity index (χ3v) is 4.23. The van der Waals surface area contributed by atoms with Gasteiger partial charge in [0.2, 0.25) is 0 Å². The van der Waals surface area contributed by atoms with Crippen molar-refractivity contribution in [2.24, 2.45) is 5.73 Å². The number of hydrogen-bond acceptors (Lipinski definition) is 5. The van der Waals surface area contributed by atoms with Crippen molar-refractivity contribution in [1.82, 2.24) is 4.90 Å². The van der Waals surface area contributed by atoms with Crippen LogP contribution in [0.5, 0.6) is 11.5 Å². The molecule has 2 rings (SSSR count). The summed E-state index contributed by atoms with van der Waals surface area (Å²) in [6.07, 6.45) is 2.04. The molecule has 0 bridgehead atoms. The largest absolute Gasteiger partial charge is 0.493 e. The molecule has 0 aromatic heterocycles. The number of primary amides is 1. The summed E-state index contributed by atoms with van der Waals surface area (Å²) in [5.74, 6) is -0.349. The van der Waals surface area contributed by atoms with Crippen LogP contribution in [0.2, 0.25) is 5.02 Å². The van der Waals surface area contributed by atoms with E-state index in [4.69, 9.17) is 31.5 Å². The number of likely N-dealkylation sites (N-methyl/N-ethyl adjacent to an activating group) is 1. The lowest BCUT2D eigenvalue weighted by atomic mass is 10.1. The van der Waals surface area contributed by atoms with Crippen LogP contribution in [0.15, 0.2) is 12.1 Å². The van der Waals surface area contributed by atoms with Crippen molar-refractivity contribution < 1.29 is 23.8 Å². The number of carbonyl (C=O) groups excluding carboxylic acids is 2. The van der Waals surface area contributed by atoms with Crippen LogP contribution < -0.4 is 15.2 Å². The summed E-state index contributed by atoms with van der Waals surface area (Å²) >= 11 is 6.21. The van der Waals surface area contributed by atoms with Crippen molar-refractivity contribution in [3.05, 3.63) is 22.7 Å². The molecule has 1 aliphatic heterocycles. The van der Waals surface area contributed by atoms with Gasteiger partial charge in [-0.2, -0.15) is 0 Å². The fourth-order valence-corrected chi connectivity index (χ4v) is 2.96. The number of benzene rings is 1. The third kappa shape index (κ3) is 4.99. The second-order valence-corrected chi connectivity index (χ2v) is 6.13. The zero-order valence-electron chi connectivity index (χ0n) is 14.4. The van der Waals surface area contributed by atoms with E-state index in [0.29, 0.717) is 18.7 Å². The summed E-state index contributed by atoms with van der Waals surface area (Å²) in [6.45, 7) is 3.41. The number of methoxy groups -OCH3 is 1. The number of hydrogen-bond donors (Lipinski definition) is 1. The van der Waals surface area contributed by atoms with Gasteiger partial charge in [-0.25, -0.2) is 0 Å². The van der Waals surface area contributed by atoms with Gasteiger partial charge in [0.05, 0.1) is 18.2 Å². The molecule has 0 spiro atoms. The first-order valence-corrected chi connectivity index (χ1v) is 8.53. The van der Waals surface area contributed by atoms with E-state index < -0.39 is 5.91 Å². The van der Waals surface area contributed by atoms with Crippen molar-refractivity contribution in [2.45, 2.75) is 25.9 Å². The van der Waals surface area contributed by atoms with Crippen LogP contribution in [0, 0.1) is 0 Å². The highest BCUT2D eigenvalue weighted by atomic mass is 35.5. The molecular weight excluding hydrogens is 348 g/mol. The lowest BCUT2D eigenvalue weighted by Crippen LogP contribution is -2.37. The zero-order valence-corrected chi connectivity index (χ0v) is 15.2. The number of ether oxygens (including phenoxy) is 3. The molecule has 1 aromatic rings. The summed E-state index contributed by atoms with van der Waals surface area (Å²) in [4.78, 5) is 25.4. The van der Waals surface area contributed by atoms with Crippen molar-refractivity contribution >= 4 is 23.4 Å². The summed E-state index contributed by atoms with van der Waals surface area (Å²) in [5.41, 5.74) is 5.46. The average Bonchev–Trinajstić information content (AvgIpc) is 3.10. The monoisotopic (exact) mass is 370 g/mol. The molecule has 1 unspecified atom stereocenters. The maximum absolute atomic E-state index is 12.8. The van der Waals surface area contributed by atoms with Gasteiger partial charge in [-0.1, -0.05) is 11.6 Å². The first-order chi connectivity index (χ1) is 12.0. The average molecular weight is 371 g/mol. The third-order valence-electron chi connectivity index (χ3n) is 3.95. The van der Waals surface area contributed by atoms with E-state index in [1.54, 1.807) is 11.0 Å². The van der Waals surface area contributed by atoms with Crippen LogP contribution >= 0.6 is 11.6 Å². The molecule has 0 saturated carbocycles. The van der Waals surface area contributed by atoms with E-state index in [-0.39, 0.29) is 35.1 Å². The van der Waals surface area contributed by atoms with E-state index in [1.807, 2.05) is 6.92 Å². The Hall–Kier alpha value is -1.99. The summed E-state index contributed by atoms with van der Waals surface area (Å²) in [6, 6.07) is 3.05. The number of rotatable bonds is 8. The normalized spacial score (nSPS) is 16.5. The van der Waals surface area contributed by atoms with Gasteiger partial charge in [-0.05, 0) is 31.9 Å². The van der Waals surface area contributed by atoms with Crippen molar-refractivity contribution in [1.29, 1.82) is 0 Å². The number of halogens is 1. The standard InChI is InChI=1S/C17H23ClN2O5/c1-3-20(9-12-5-4-6-24-12)17(22)11-7-13(18)16(14(8-11)23-2)25-10-15(19)21/h7-8,12H,3-6,9-10H2,1-2H3,(H2,19,21). The van der Waals surface area contributed by atoms with Crippen LogP contribution in [0.1, 0.15) is 30.1 Å². The first kappa shape index (κ1) is 19.3. The Kier molecular flexibility index (Phi) is 6.90. The number of nitrogens with zero attached hydrogens (tertiary/aromatic N) is 1. The first-order valence-electron chi connectivity index (χ1n) is 8.15. The zero-order chi connectivity index (χ0) is 18.4. The molecule has 2 amide bonds. The SMILES string of the molecule is CCN(CC1CCCO1)C(=O)c1cc(Cl)c(OCC(N)=O)c(OC)c1. The Morgan fingerprint density at radius 1 is 1.44 bits per heavy atom. The van der Waals surface area contributed by atoms with Gasteiger partial charge in [0.1, 0.15) is 0 Å². The lowest BCUT2D eigenvalue weighted by molar-refractivity contribution is -0.119. The minimum Gasteiger partial charge on any atom is -0.493 e. The maximum Gasteiger partial charge on any atom is 0.255 e. The second-order valence-electron chi connectivity index (χ2n) is 5.72. The van der Waals surface area contributed by atoms with Gasteiger partial charge in [-0.15, -0.1) is 0 Å². The lowest BCUT2D eigenvalue weighted by Gasteiger charge is -2.24. The summed E-state index contributed by atoms with van der Waals surface area (Å²) < 4.78 is 16.1. The van der Waals surface area contributed by atoms with Crippen LogP contribution in [-0.4, -0.2) is 56.2 Å². The molecule has 1 heterocycles. The van der Waals surface area contributed by atoms with Gasteiger partial charge >= 0.3 is 0 Å². The van der Waals surface area contributed by atoms with Crippen molar-refractivity contribution in [3.63, 3.8) is 0 Å². The highest BCUT2D eigenvalue weighted by Gasteiger charge is 2.24. The van der Waals surface area contributed by atoms with E-state index in [0.717, 1.165) is 19.4 Å². The Balaban J connectivity index is 2.20. The molecule has 2 N–H and O–H groups in total. The molecule has 1 fully saturated rings. The highest BCUT2D eigenvalue weighted by Crippen LogP contribution is 2.36. The smallest absolute Gasteiger partial charge is 0.255 e. The van der Waals surface area contributed by atoms with Gasteiger partial charge < -0.3 is 24.8 Å². The minimum absolute atomic E-state index is 0.0689. The molecule has 1 atom stereocenters. The molecule has 25 heavy (non-hydrogen) atoms. The molecule has 0 radical (unpaired) electrons. The van der Waals surface area contributed by atoms with E-state index >= 15 is 0 Å². The van der Waals surface area contributed by atoms with Crippen molar-refractivity contribution in [3.8, 4) is 11.5 Å². The molecule has 1 saturated heterocycles. The molecule has 138 valence electrons. The molecule has 1 aromatic carbocycles. The topological polar surface area (TPSA) is 91.1 Å². The summed E-state index contributed by atoms with van der Waals surface area (Å²) in [5, 5.41) is 0.178. The van der Waals surface area contributed by atoms with E-state index in [2.05, 4.69) is 0 Å². The quantitative estimate of drug-likeness (QED) is 0.754. The molecular formula is C17H23ClN2O5. The van der Waals surface area contributed by atoms with Gasteiger partial charge in [0.25, 0.3) is 11.8 Å². The van der Waals surface area contributed by atoms with Gasteiger partial charge in [0, 0.05) is 25.3 Å². The van der Waals surface area contributed by atoms with Crippen molar-refractivity contribution in [2.75, 3.05) is 33.4 Å². The van der Waals surface area contributed by atoms with Gasteiger partial charge in [-0.3, -0.25) is 9.59 Å². The Morgan fingerprint density at radius 2 is 2.20 bits per heavy atom. The van der Waals surface area contributed by atoms with Crippen LogP contribution in [0.25, 0.3) is 0 Å². The fraction of sp³-hybridized carbons (Fsp3) is 0.529. The van der Waals surface area contributed by atoms with Crippen LogP contribution in [0.4, 0.5) is 0 Å². The summed E-state index contributed by atoms with van der Waals surface area (Å²) in [7, 11) is 1.43. The Morgan fingerprint density at radius 3 is 2.76 bits per heavy atom.